The number of hydrogen-bond donors (Lipinski definition) is 1. The molecule has 3 heteroatoms. The summed E-state index contributed by atoms with van der Waals surface area (Å²) in [7, 11) is 2.02. The maximum absolute atomic E-state index is 6.05. The smallest absolute Gasteiger partial charge is 0.0596 e. The fourth-order valence-electron chi connectivity index (χ4n) is 2.44. The molecular formula is C11H19N3. The van der Waals surface area contributed by atoms with Gasteiger partial charge in [-0.05, 0) is 38.2 Å². The van der Waals surface area contributed by atoms with Gasteiger partial charge >= 0.3 is 0 Å². The number of nitrogens with zero attached hydrogens (tertiary/aromatic N) is 2. The second-order valence-corrected chi connectivity index (χ2v) is 4.46. The van der Waals surface area contributed by atoms with Gasteiger partial charge in [-0.25, -0.2) is 0 Å². The minimum atomic E-state index is 0.408. The first-order valence-corrected chi connectivity index (χ1v) is 5.42. The lowest BCUT2D eigenvalue weighted by Crippen LogP contribution is -2.26. The molecule has 78 valence electrons. The van der Waals surface area contributed by atoms with E-state index in [1.807, 2.05) is 18.7 Å². The topological polar surface area (TPSA) is 43.8 Å². The summed E-state index contributed by atoms with van der Waals surface area (Å²) in [5, 5.41) is 4.35. The molecule has 1 heterocycles. The van der Waals surface area contributed by atoms with Gasteiger partial charge in [0.15, 0.2) is 0 Å². The van der Waals surface area contributed by atoms with Gasteiger partial charge in [0.1, 0.15) is 0 Å². The molecule has 0 radical (unpaired) electrons. The Hall–Kier alpha value is -0.830. The van der Waals surface area contributed by atoms with Crippen LogP contribution in [0, 0.1) is 12.8 Å². The average Bonchev–Trinajstić information content (AvgIpc) is 2.62. The average molecular weight is 193 g/mol. The molecule has 0 saturated heterocycles. The van der Waals surface area contributed by atoms with Gasteiger partial charge in [-0.2, -0.15) is 5.10 Å². The molecule has 2 N–H and O–H groups in total. The van der Waals surface area contributed by atoms with Crippen molar-refractivity contribution < 1.29 is 0 Å². The SMILES string of the molecule is Cc1cc(CC2CCCC2N)n(C)n1. The van der Waals surface area contributed by atoms with Crippen LogP contribution in [0.2, 0.25) is 0 Å². The minimum absolute atomic E-state index is 0.408. The van der Waals surface area contributed by atoms with Gasteiger partial charge in [0.05, 0.1) is 5.69 Å². The second kappa shape index (κ2) is 3.73. The first-order valence-electron chi connectivity index (χ1n) is 5.42. The van der Waals surface area contributed by atoms with Crippen LogP contribution in [0.3, 0.4) is 0 Å². The van der Waals surface area contributed by atoms with E-state index < -0.39 is 0 Å². The second-order valence-electron chi connectivity index (χ2n) is 4.46. The van der Waals surface area contributed by atoms with E-state index in [9.17, 15) is 0 Å². The van der Waals surface area contributed by atoms with Gasteiger partial charge in [0.25, 0.3) is 0 Å². The van der Waals surface area contributed by atoms with E-state index in [1.165, 1.54) is 25.0 Å². The van der Waals surface area contributed by atoms with Gasteiger partial charge in [-0.1, -0.05) is 6.42 Å². The summed E-state index contributed by atoms with van der Waals surface area (Å²) >= 11 is 0. The van der Waals surface area contributed by atoms with E-state index in [1.54, 1.807) is 0 Å². The van der Waals surface area contributed by atoms with Crippen molar-refractivity contribution >= 4 is 0 Å². The normalized spacial score (nSPS) is 27.1. The van der Waals surface area contributed by atoms with Crippen molar-refractivity contribution in [3.63, 3.8) is 0 Å². The summed E-state index contributed by atoms with van der Waals surface area (Å²) < 4.78 is 1.99. The quantitative estimate of drug-likeness (QED) is 0.771. The Morgan fingerprint density at radius 3 is 2.86 bits per heavy atom. The third-order valence-corrected chi connectivity index (χ3v) is 3.29. The molecule has 0 spiro atoms. The van der Waals surface area contributed by atoms with Crippen molar-refractivity contribution in [2.45, 2.75) is 38.6 Å². The largest absolute Gasteiger partial charge is 0.327 e. The Kier molecular flexibility index (Phi) is 2.59. The van der Waals surface area contributed by atoms with Crippen LogP contribution in [0.25, 0.3) is 0 Å². The van der Waals surface area contributed by atoms with Gasteiger partial charge in [-0.3, -0.25) is 4.68 Å². The van der Waals surface area contributed by atoms with Crippen LogP contribution in [-0.2, 0) is 13.5 Å². The zero-order valence-electron chi connectivity index (χ0n) is 9.03. The van der Waals surface area contributed by atoms with E-state index in [0.717, 1.165) is 12.1 Å². The minimum Gasteiger partial charge on any atom is -0.327 e. The monoisotopic (exact) mass is 193 g/mol. The first-order chi connectivity index (χ1) is 6.66. The summed E-state index contributed by atoms with van der Waals surface area (Å²) in [5.74, 6) is 0.671. The van der Waals surface area contributed by atoms with Crippen molar-refractivity contribution in [3.8, 4) is 0 Å². The molecule has 1 saturated carbocycles. The number of aryl methyl sites for hydroxylation is 2. The Balaban J connectivity index is 2.06. The highest BCUT2D eigenvalue weighted by Gasteiger charge is 2.24. The van der Waals surface area contributed by atoms with Crippen molar-refractivity contribution in [2.75, 3.05) is 0 Å². The van der Waals surface area contributed by atoms with Crippen LogP contribution >= 0.6 is 0 Å². The molecule has 14 heavy (non-hydrogen) atoms. The predicted molar refractivity (Wildman–Crippen MR) is 57.0 cm³/mol. The summed E-state index contributed by atoms with van der Waals surface area (Å²) in [4.78, 5) is 0. The number of rotatable bonds is 2. The fourth-order valence-corrected chi connectivity index (χ4v) is 2.44. The third-order valence-electron chi connectivity index (χ3n) is 3.29. The van der Waals surface area contributed by atoms with E-state index in [-0.39, 0.29) is 0 Å². The summed E-state index contributed by atoms with van der Waals surface area (Å²) in [6.45, 7) is 2.04. The van der Waals surface area contributed by atoms with E-state index in [0.29, 0.717) is 12.0 Å². The molecule has 1 aromatic heterocycles. The number of aromatic nitrogens is 2. The standard InChI is InChI=1S/C11H19N3/c1-8-6-10(14(2)13-8)7-9-4-3-5-11(9)12/h6,9,11H,3-5,7,12H2,1-2H3. The Morgan fingerprint density at radius 2 is 2.36 bits per heavy atom. The van der Waals surface area contributed by atoms with Crippen LogP contribution in [0.4, 0.5) is 0 Å². The fraction of sp³-hybridized carbons (Fsp3) is 0.727. The number of hydrogen-bond acceptors (Lipinski definition) is 2. The molecule has 0 bridgehead atoms. The highest BCUT2D eigenvalue weighted by Crippen LogP contribution is 2.27. The van der Waals surface area contributed by atoms with Crippen LogP contribution in [0.15, 0.2) is 6.07 Å². The number of nitrogens with two attached hydrogens (primary N) is 1. The molecule has 2 atom stereocenters. The van der Waals surface area contributed by atoms with E-state index in [4.69, 9.17) is 5.73 Å². The highest BCUT2D eigenvalue weighted by molar-refractivity contribution is 5.10. The van der Waals surface area contributed by atoms with Gasteiger partial charge < -0.3 is 5.73 Å². The summed E-state index contributed by atoms with van der Waals surface area (Å²) in [5.41, 5.74) is 8.48. The molecular weight excluding hydrogens is 174 g/mol. The van der Waals surface area contributed by atoms with Crippen molar-refractivity contribution in [3.05, 3.63) is 17.5 Å². The Bertz CT molecular complexity index is 316. The van der Waals surface area contributed by atoms with Gasteiger partial charge in [-0.15, -0.1) is 0 Å². The molecule has 2 unspecified atom stereocenters. The zero-order valence-corrected chi connectivity index (χ0v) is 9.03. The summed E-state index contributed by atoms with van der Waals surface area (Å²) in [6.07, 6.45) is 4.87. The van der Waals surface area contributed by atoms with Crippen molar-refractivity contribution in [1.82, 2.24) is 9.78 Å². The highest BCUT2D eigenvalue weighted by atomic mass is 15.3. The Labute approximate surface area is 85.3 Å². The zero-order chi connectivity index (χ0) is 10.1. The molecule has 1 fully saturated rings. The van der Waals surface area contributed by atoms with Crippen molar-refractivity contribution in [2.24, 2.45) is 18.7 Å². The molecule has 0 aromatic carbocycles. The van der Waals surface area contributed by atoms with Crippen LogP contribution in [0.5, 0.6) is 0 Å². The molecule has 0 amide bonds. The van der Waals surface area contributed by atoms with Crippen LogP contribution < -0.4 is 5.73 Å². The lowest BCUT2D eigenvalue weighted by molar-refractivity contribution is 0.463. The lowest BCUT2D eigenvalue weighted by Gasteiger charge is -2.14. The molecule has 1 aliphatic carbocycles. The lowest BCUT2D eigenvalue weighted by atomic mass is 9.98. The molecule has 1 aliphatic rings. The van der Waals surface area contributed by atoms with Crippen LogP contribution in [0.1, 0.15) is 30.7 Å². The van der Waals surface area contributed by atoms with E-state index in [2.05, 4.69) is 11.2 Å². The Morgan fingerprint density at radius 1 is 1.57 bits per heavy atom. The third kappa shape index (κ3) is 1.82. The van der Waals surface area contributed by atoms with E-state index >= 15 is 0 Å². The van der Waals surface area contributed by atoms with Gasteiger partial charge in [0, 0.05) is 18.8 Å². The molecule has 3 nitrogen and oxygen atoms in total. The van der Waals surface area contributed by atoms with Gasteiger partial charge in [0.2, 0.25) is 0 Å². The molecule has 2 rings (SSSR count). The first kappa shape index (κ1) is 9.71. The maximum Gasteiger partial charge on any atom is 0.0596 e. The summed E-state index contributed by atoms with van der Waals surface area (Å²) in [6, 6.07) is 2.58. The molecule has 1 aromatic rings. The molecule has 0 aliphatic heterocycles. The van der Waals surface area contributed by atoms with Crippen LogP contribution in [-0.4, -0.2) is 15.8 Å². The maximum atomic E-state index is 6.05. The predicted octanol–water partition coefficient (Wildman–Crippen LogP) is 1.40. The van der Waals surface area contributed by atoms with Crippen molar-refractivity contribution in [1.29, 1.82) is 0 Å².